The van der Waals surface area contributed by atoms with Gasteiger partial charge < -0.3 is 30.3 Å². The molecule has 1 aliphatic rings. The monoisotopic (exact) mass is 313 g/mol. The predicted molar refractivity (Wildman–Crippen MR) is 75.0 cm³/mol. The third-order valence-corrected chi connectivity index (χ3v) is 3.51. The van der Waals surface area contributed by atoms with Crippen LogP contribution in [0.1, 0.15) is 5.56 Å². The molecular formula is C13H15NO6S. The molecule has 1 aliphatic heterocycles. The van der Waals surface area contributed by atoms with Crippen molar-refractivity contribution in [2.24, 2.45) is 4.99 Å². The molecule has 0 bridgehead atoms. The Morgan fingerprint density at radius 1 is 1.19 bits per heavy atom. The minimum absolute atomic E-state index is 0.141. The lowest BCUT2D eigenvalue weighted by Gasteiger charge is -2.45. The molecule has 5 N–H and O–H groups in total. The second kappa shape index (κ2) is 6.27. The average Bonchev–Trinajstić information content (AvgIpc) is 2.50. The third kappa shape index (κ3) is 2.89. The largest absolute Gasteiger partial charge is 0.394 e. The number of hydrogen-bond donors (Lipinski definition) is 5. The molecule has 0 unspecified atom stereocenters. The van der Waals surface area contributed by atoms with Crippen molar-refractivity contribution in [3.8, 4) is 0 Å². The summed E-state index contributed by atoms with van der Waals surface area (Å²) in [6.07, 6.45) is -6.19. The molecule has 21 heavy (non-hydrogen) atoms. The Labute approximate surface area is 125 Å². The molecule has 1 aromatic carbocycles. The van der Waals surface area contributed by atoms with E-state index in [0.717, 1.165) is 0 Å². The van der Waals surface area contributed by atoms with Crippen LogP contribution in [0.3, 0.4) is 0 Å². The van der Waals surface area contributed by atoms with E-state index < -0.39 is 36.8 Å². The highest BCUT2D eigenvalue weighted by Gasteiger charge is 2.53. The lowest BCUT2D eigenvalue weighted by atomic mass is 9.88. The molecule has 1 aromatic rings. The first kappa shape index (κ1) is 16.2. The highest BCUT2D eigenvalue weighted by Crippen LogP contribution is 2.36. The summed E-state index contributed by atoms with van der Waals surface area (Å²) in [5.41, 5.74) is 0.629. The first-order valence-electron chi connectivity index (χ1n) is 6.17. The van der Waals surface area contributed by atoms with Crippen molar-refractivity contribution in [3.05, 3.63) is 29.8 Å². The molecule has 8 heteroatoms. The van der Waals surface area contributed by atoms with Gasteiger partial charge in [0.15, 0.2) is 0 Å². The van der Waals surface area contributed by atoms with Crippen molar-refractivity contribution in [2.45, 2.75) is 30.2 Å². The molecule has 0 aromatic heterocycles. The summed E-state index contributed by atoms with van der Waals surface area (Å²) in [4.78, 5) is 3.74. The van der Waals surface area contributed by atoms with E-state index >= 15 is 0 Å². The van der Waals surface area contributed by atoms with Gasteiger partial charge in [-0.05, 0) is 24.4 Å². The molecule has 0 radical (unpaired) electrons. The van der Waals surface area contributed by atoms with Gasteiger partial charge in [-0.1, -0.05) is 12.1 Å². The normalized spacial score (nSPS) is 36.0. The molecule has 2 rings (SSSR count). The molecule has 5 atom stereocenters. The number of rotatable bonds is 3. The summed E-state index contributed by atoms with van der Waals surface area (Å²) in [6.45, 7) is -0.624. The zero-order chi connectivity index (χ0) is 15.6. The van der Waals surface area contributed by atoms with Crippen molar-refractivity contribution >= 4 is 23.1 Å². The van der Waals surface area contributed by atoms with Gasteiger partial charge >= 0.3 is 0 Å². The summed E-state index contributed by atoms with van der Waals surface area (Å²) < 4.78 is 5.18. The Hall–Kier alpha value is -1.22. The first-order valence-corrected chi connectivity index (χ1v) is 6.58. The highest BCUT2D eigenvalue weighted by molar-refractivity contribution is 7.78. The van der Waals surface area contributed by atoms with Gasteiger partial charge in [0.2, 0.25) is 5.79 Å². The Morgan fingerprint density at radius 3 is 2.33 bits per heavy atom. The summed E-state index contributed by atoms with van der Waals surface area (Å²) >= 11 is 4.47. The Morgan fingerprint density at radius 2 is 1.81 bits per heavy atom. The lowest BCUT2D eigenvalue weighted by molar-refractivity contribution is -0.357. The Bertz CT molecular complexity index is 544. The van der Waals surface area contributed by atoms with Crippen LogP contribution in [-0.2, 0) is 10.5 Å². The van der Waals surface area contributed by atoms with Crippen LogP contribution in [0.5, 0.6) is 0 Å². The Balaban J connectivity index is 2.36. The van der Waals surface area contributed by atoms with Gasteiger partial charge in [0, 0.05) is 5.56 Å². The van der Waals surface area contributed by atoms with Gasteiger partial charge in [-0.2, -0.15) is 4.99 Å². The van der Waals surface area contributed by atoms with Crippen LogP contribution >= 0.6 is 12.2 Å². The Kier molecular flexibility index (Phi) is 4.82. The standard InChI is InChI=1S/C13H15NO6S/c15-5-9-10(16)11(17)12(18)13(19,20-9)7-1-3-8(4-2-7)14-6-21/h1-4,9-12,15-19H,5H2/t9-,10-,11+,12+,13-/m1/s1. The molecule has 0 amide bonds. The number of ether oxygens (including phenoxy) is 1. The number of benzene rings is 1. The molecular weight excluding hydrogens is 298 g/mol. The number of nitrogens with zero attached hydrogens (tertiary/aromatic N) is 1. The number of thiocarbonyl (C=S) groups is 1. The van der Waals surface area contributed by atoms with Crippen molar-refractivity contribution in [3.63, 3.8) is 0 Å². The van der Waals surface area contributed by atoms with Gasteiger partial charge in [-0.25, -0.2) is 0 Å². The average molecular weight is 313 g/mol. The lowest BCUT2D eigenvalue weighted by Crippen LogP contribution is -2.63. The number of aliphatic hydroxyl groups excluding tert-OH is 4. The second-order valence-electron chi connectivity index (χ2n) is 4.71. The third-order valence-electron chi connectivity index (χ3n) is 3.42. The number of isothiocyanates is 1. The summed E-state index contributed by atoms with van der Waals surface area (Å²) in [5.74, 6) is -2.26. The minimum atomic E-state index is -2.26. The van der Waals surface area contributed by atoms with E-state index in [-0.39, 0.29) is 5.56 Å². The molecule has 1 saturated heterocycles. The summed E-state index contributed by atoms with van der Waals surface area (Å²) in [7, 11) is 0. The molecule has 0 spiro atoms. The van der Waals surface area contributed by atoms with E-state index in [2.05, 4.69) is 22.4 Å². The van der Waals surface area contributed by atoms with Crippen molar-refractivity contribution in [1.82, 2.24) is 0 Å². The molecule has 0 aliphatic carbocycles. The van der Waals surface area contributed by atoms with Crippen molar-refractivity contribution in [2.75, 3.05) is 6.61 Å². The maximum Gasteiger partial charge on any atom is 0.222 e. The van der Waals surface area contributed by atoms with Crippen LogP contribution in [0.2, 0.25) is 0 Å². The molecule has 114 valence electrons. The fourth-order valence-corrected chi connectivity index (χ4v) is 2.33. The van der Waals surface area contributed by atoms with Crippen LogP contribution in [-0.4, -0.2) is 61.7 Å². The SMILES string of the molecule is OC[C@H]1O[C@](O)(c2ccc(N=C=S)cc2)[C@@H](O)[C@@H](O)[C@@H]1O. The second-order valence-corrected chi connectivity index (χ2v) is 4.89. The van der Waals surface area contributed by atoms with Crippen LogP contribution in [0, 0.1) is 0 Å². The summed E-state index contributed by atoms with van der Waals surface area (Å²) in [6, 6.07) is 5.86. The van der Waals surface area contributed by atoms with E-state index in [9.17, 15) is 20.4 Å². The van der Waals surface area contributed by atoms with Gasteiger partial charge in [-0.15, -0.1) is 0 Å². The molecule has 0 saturated carbocycles. The van der Waals surface area contributed by atoms with Gasteiger partial charge in [-0.3, -0.25) is 0 Å². The van der Waals surface area contributed by atoms with Crippen molar-refractivity contribution < 1.29 is 30.3 Å². The summed E-state index contributed by atoms with van der Waals surface area (Å²) in [5, 5.41) is 51.3. The smallest absolute Gasteiger partial charge is 0.222 e. The number of aliphatic hydroxyl groups is 5. The fraction of sp³-hybridized carbons (Fsp3) is 0.462. The first-order chi connectivity index (χ1) is 9.93. The number of aliphatic imine (C=N–C) groups is 1. The molecule has 1 fully saturated rings. The predicted octanol–water partition coefficient (Wildman–Crippen LogP) is -0.960. The van der Waals surface area contributed by atoms with Gasteiger partial charge in [0.25, 0.3) is 0 Å². The molecule has 7 nitrogen and oxygen atoms in total. The topological polar surface area (TPSA) is 123 Å². The zero-order valence-electron chi connectivity index (χ0n) is 10.8. The zero-order valence-corrected chi connectivity index (χ0v) is 11.6. The fourth-order valence-electron chi connectivity index (χ4n) is 2.22. The van der Waals surface area contributed by atoms with Gasteiger partial charge in [0.1, 0.15) is 24.4 Å². The highest BCUT2D eigenvalue weighted by atomic mass is 32.1. The van der Waals surface area contributed by atoms with E-state index in [1.54, 1.807) is 0 Å². The van der Waals surface area contributed by atoms with Crippen LogP contribution < -0.4 is 0 Å². The van der Waals surface area contributed by atoms with Gasteiger partial charge in [0.05, 0.1) is 17.5 Å². The quantitative estimate of drug-likeness (QED) is 0.360. The van der Waals surface area contributed by atoms with Crippen LogP contribution in [0.4, 0.5) is 5.69 Å². The van der Waals surface area contributed by atoms with E-state index in [1.165, 1.54) is 24.3 Å². The minimum Gasteiger partial charge on any atom is -0.394 e. The maximum absolute atomic E-state index is 10.5. The van der Waals surface area contributed by atoms with E-state index in [1.807, 2.05) is 0 Å². The molecule has 1 heterocycles. The van der Waals surface area contributed by atoms with Crippen molar-refractivity contribution in [1.29, 1.82) is 0 Å². The van der Waals surface area contributed by atoms with E-state index in [0.29, 0.717) is 5.69 Å². The van der Waals surface area contributed by atoms with Crippen LogP contribution in [0.25, 0.3) is 0 Å². The number of hydrogen-bond acceptors (Lipinski definition) is 8. The maximum atomic E-state index is 10.5. The van der Waals surface area contributed by atoms with E-state index in [4.69, 9.17) is 9.84 Å². The van der Waals surface area contributed by atoms with Crippen LogP contribution in [0.15, 0.2) is 29.3 Å².